The van der Waals surface area contributed by atoms with Crippen LogP contribution >= 0.6 is 0 Å². The lowest BCUT2D eigenvalue weighted by atomic mass is 9.92. The number of amides is 1. The summed E-state index contributed by atoms with van der Waals surface area (Å²) in [7, 11) is -3.71. The number of aryl methyl sites for hydroxylation is 1. The highest BCUT2D eigenvalue weighted by Crippen LogP contribution is 2.36. The fourth-order valence-electron chi connectivity index (χ4n) is 4.72. The van der Waals surface area contributed by atoms with Crippen LogP contribution in [0.4, 0.5) is 0 Å². The number of hydrogen-bond donors (Lipinski definition) is 1. The molecule has 0 radical (unpaired) electrons. The van der Waals surface area contributed by atoms with E-state index in [9.17, 15) is 13.2 Å². The minimum Gasteiger partial charge on any atom is -0.356 e. The number of benzene rings is 2. The van der Waals surface area contributed by atoms with E-state index in [1.165, 1.54) is 22.7 Å². The van der Waals surface area contributed by atoms with Crippen molar-refractivity contribution in [3.8, 4) is 0 Å². The Labute approximate surface area is 191 Å². The normalized spacial score (nSPS) is 19.2. The molecule has 170 valence electrons. The molecule has 0 spiro atoms. The van der Waals surface area contributed by atoms with Crippen LogP contribution in [0.2, 0.25) is 0 Å². The fourth-order valence-corrected chi connectivity index (χ4v) is 6.32. The van der Waals surface area contributed by atoms with Gasteiger partial charge in [-0.05, 0) is 68.7 Å². The molecule has 1 amide bonds. The Kier molecular flexibility index (Phi) is 7.11. The van der Waals surface area contributed by atoms with E-state index in [0.29, 0.717) is 19.5 Å². The van der Waals surface area contributed by atoms with Crippen LogP contribution in [-0.2, 0) is 21.2 Å². The zero-order chi connectivity index (χ0) is 22.6. The smallest absolute Gasteiger partial charge is 0.243 e. The highest BCUT2D eigenvalue weighted by Gasteiger charge is 2.37. The molecule has 32 heavy (non-hydrogen) atoms. The quantitative estimate of drug-likeness (QED) is 0.620. The first-order chi connectivity index (χ1) is 15.4. The molecule has 1 aliphatic heterocycles. The molecule has 0 bridgehead atoms. The van der Waals surface area contributed by atoms with Gasteiger partial charge < -0.3 is 5.32 Å². The summed E-state index contributed by atoms with van der Waals surface area (Å²) in [5, 5.41) is 3.03. The molecular formula is C26H32N2O3S. The van der Waals surface area contributed by atoms with Gasteiger partial charge in [0.2, 0.25) is 15.9 Å². The third-order valence-electron chi connectivity index (χ3n) is 6.52. The lowest BCUT2D eigenvalue weighted by Gasteiger charge is -2.36. The number of rotatable bonds is 7. The average Bonchev–Trinajstić information content (AvgIpc) is 2.80. The maximum absolute atomic E-state index is 13.5. The maximum atomic E-state index is 13.5. The molecule has 5 nitrogen and oxygen atoms in total. The standard InChI is InChI=1S/C26H32N2O3S/c1-20-11-13-23(14-12-20)32(30,31)28-18-16-22-9-5-6-10-24(22)25(28)19-26(29)27-17-15-21-7-3-2-4-8-21/h5-7,9-14,25H,2-4,8,15-19H2,1H3,(H,27,29)/t25-/m0/s1. The summed E-state index contributed by atoms with van der Waals surface area (Å²) < 4.78 is 28.5. The van der Waals surface area contributed by atoms with Crippen LogP contribution in [0.15, 0.2) is 65.1 Å². The minimum atomic E-state index is -3.71. The predicted octanol–water partition coefficient (Wildman–Crippen LogP) is 4.68. The molecule has 2 aromatic rings. The highest BCUT2D eigenvalue weighted by atomic mass is 32.2. The molecule has 1 N–H and O–H groups in total. The Bertz CT molecular complexity index is 1090. The maximum Gasteiger partial charge on any atom is 0.243 e. The lowest BCUT2D eigenvalue weighted by molar-refractivity contribution is -0.122. The van der Waals surface area contributed by atoms with Crippen molar-refractivity contribution in [3.05, 3.63) is 76.9 Å². The van der Waals surface area contributed by atoms with Gasteiger partial charge in [0.25, 0.3) is 0 Å². The monoisotopic (exact) mass is 452 g/mol. The summed E-state index contributed by atoms with van der Waals surface area (Å²) in [5.74, 6) is -0.104. The van der Waals surface area contributed by atoms with Gasteiger partial charge in [-0.2, -0.15) is 4.31 Å². The van der Waals surface area contributed by atoms with Crippen LogP contribution in [0, 0.1) is 6.92 Å². The van der Waals surface area contributed by atoms with Crippen molar-refractivity contribution in [2.24, 2.45) is 0 Å². The Morgan fingerprint density at radius 2 is 1.84 bits per heavy atom. The van der Waals surface area contributed by atoms with E-state index in [0.717, 1.165) is 36.0 Å². The van der Waals surface area contributed by atoms with Crippen molar-refractivity contribution in [2.75, 3.05) is 13.1 Å². The van der Waals surface area contributed by atoms with E-state index >= 15 is 0 Å². The van der Waals surface area contributed by atoms with Crippen LogP contribution in [0.1, 0.15) is 61.3 Å². The van der Waals surface area contributed by atoms with Gasteiger partial charge in [0.05, 0.1) is 10.9 Å². The van der Waals surface area contributed by atoms with Crippen molar-refractivity contribution < 1.29 is 13.2 Å². The molecule has 0 fully saturated rings. The summed E-state index contributed by atoms with van der Waals surface area (Å²) >= 11 is 0. The third kappa shape index (κ3) is 5.13. The molecule has 0 aromatic heterocycles. The van der Waals surface area contributed by atoms with Gasteiger partial charge in [0.1, 0.15) is 0 Å². The summed E-state index contributed by atoms with van der Waals surface area (Å²) in [6.07, 6.45) is 8.67. The largest absolute Gasteiger partial charge is 0.356 e. The zero-order valence-corrected chi connectivity index (χ0v) is 19.5. The molecule has 2 aliphatic rings. The van der Waals surface area contributed by atoms with E-state index < -0.39 is 16.1 Å². The average molecular weight is 453 g/mol. The summed E-state index contributed by atoms with van der Waals surface area (Å²) in [5.41, 5.74) is 4.48. The molecule has 1 heterocycles. The van der Waals surface area contributed by atoms with Gasteiger partial charge >= 0.3 is 0 Å². The highest BCUT2D eigenvalue weighted by molar-refractivity contribution is 7.89. The number of hydrogen-bond acceptors (Lipinski definition) is 3. The molecule has 6 heteroatoms. The summed E-state index contributed by atoms with van der Waals surface area (Å²) in [4.78, 5) is 13.1. The van der Waals surface area contributed by atoms with Crippen LogP contribution in [0.5, 0.6) is 0 Å². The Hall–Kier alpha value is -2.44. The Morgan fingerprint density at radius 3 is 2.59 bits per heavy atom. The van der Waals surface area contributed by atoms with Gasteiger partial charge in [-0.1, -0.05) is 53.6 Å². The van der Waals surface area contributed by atoms with Gasteiger partial charge in [-0.25, -0.2) is 8.42 Å². The second-order valence-electron chi connectivity index (χ2n) is 8.81. The van der Waals surface area contributed by atoms with Crippen molar-refractivity contribution in [3.63, 3.8) is 0 Å². The molecule has 4 rings (SSSR count). The molecule has 0 saturated carbocycles. The van der Waals surface area contributed by atoms with Crippen molar-refractivity contribution in [1.29, 1.82) is 0 Å². The van der Waals surface area contributed by atoms with Crippen molar-refractivity contribution in [1.82, 2.24) is 9.62 Å². The SMILES string of the molecule is Cc1ccc(S(=O)(=O)N2CCc3ccccc3[C@@H]2CC(=O)NCCC2=CCCCC2)cc1. The molecule has 0 saturated heterocycles. The van der Waals surface area contributed by atoms with Crippen LogP contribution in [-0.4, -0.2) is 31.7 Å². The van der Waals surface area contributed by atoms with E-state index in [-0.39, 0.29) is 17.2 Å². The second-order valence-corrected chi connectivity index (χ2v) is 10.7. The summed E-state index contributed by atoms with van der Waals surface area (Å²) in [6, 6.07) is 14.3. The molecule has 1 atom stereocenters. The number of carbonyl (C=O) groups is 1. The van der Waals surface area contributed by atoms with Crippen LogP contribution < -0.4 is 5.32 Å². The number of nitrogens with one attached hydrogen (secondary N) is 1. The summed E-state index contributed by atoms with van der Waals surface area (Å²) in [6.45, 7) is 2.91. The number of sulfonamides is 1. The number of nitrogens with zero attached hydrogens (tertiary/aromatic N) is 1. The first-order valence-corrected chi connectivity index (χ1v) is 13.0. The second kappa shape index (κ2) is 10.0. The van der Waals surface area contributed by atoms with Gasteiger partial charge in [-0.3, -0.25) is 4.79 Å². The first-order valence-electron chi connectivity index (χ1n) is 11.6. The third-order valence-corrected chi connectivity index (χ3v) is 8.45. The van der Waals surface area contributed by atoms with Gasteiger partial charge in [-0.15, -0.1) is 0 Å². The van der Waals surface area contributed by atoms with Crippen molar-refractivity contribution >= 4 is 15.9 Å². The number of fused-ring (bicyclic) bond motifs is 1. The Morgan fingerprint density at radius 1 is 1.06 bits per heavy atom. The Balaban J connectivity index is 1.52. The molecular weight excluding hydrogens is 420 g/mol. The topological polar surface area (TPSA) is 66.5 Å². The molecule has 0 unspecified atom stereocenters. The molecule has 1 aliphatic carbocycles. The van der Waals surface area contributed by atoms with Crippen molar-refractivity contribution in [2.45, 2.75) is 62.8 Å². The van der Waals surface area contributed by atoms with Gasteiger partial charge in [0, 0.05) is 19.5 Å². The van der Waals surface area contributed by atoms with E-state index in [4.69, 9.17) is 0 Å². The van der Waals surface area contributed by atoms with E-state index in [1.807, 2.05) is 43.3 Å². The lowest BCUT2D eigenvalue weighted by Crippen LogP contribution is -2.42. The van der Waals surface area contributed by atoms with Crippen LogP contribution in [0.25, 0.3) is 0 Å². The molecule has 2 aromatic carbocycles. The predicted molar refractivity (Wildman–Crippen MR) is 127 cm³/mol. The van der Waals surface area contributed by atoms with E-state index in [1.54, 1.807) is 12.1 Å². The van der Waals surface area contributed by atoms with Crippen LogP contribution in [0.3, 0.4) is 0 Å². The minimum absolute atomic E-state index is 0.104. The van der Waals surface area contributed by atoms with Gasteiger partial charge in [0.15, 0.2) is 0 Å². The fraction of sp³-hybridized carbons (Fsp3) is 0.423. The first kappa shape index (κ1) is 22.7. The number of carbonyl (C=O) groups excluding carboxylic acids is 1. The number of allylic oxidation sites excluding steroid dienone is 1. The zero-order valence-electron chi connectivity index (χ0n) is 18.7. The van der Waals surface area contributed by atoms with E-state index in [2.05, 4.69) is 11.4 Å².